The molecule has 14 heteroatoms. The Labute approximate surface area is 585 Å². The zero-order valence-corrected chi connectivity index (χ0v) is 60.6. The highest BCUT2D eigenvalue weighted by Gasteiger charge is 2.51. The summed E-state index contributed by atoms with van der Waals surface area (Å²) in [6, 6.07) is -0.944. The smallest absolute Gasteiger partial charge is 0.220 e. The lowest BCUT2D eigenvalue weighted by atomic mass is 9.97. The van der Waals surface area contributed by atoms with Gasteiger partial charge in [0.25, 0.3) is 0 Å². The van der Waals surface area contributed by atoms with Gasteiger partial charge in [-0.05, 0) is 96.3 Å². The SMILES string of the molecule is CC/C=C\C/C=C\C/C=C\C/C=C\C/C=C\C/C=C\CCCCCCCCCCCCCCCCCCCCC(=O)NC(COC1OC(CO)C(OC2OC(CO)C(O)C(O)C2O)C(O)C1O)C(O)/C=C/CC/C=C/CC/C=C/CCCCCCCCCCCCCCCCC. The molecule has 2 fully saturated rings. The van der Waals surface area contributed by atoms with E-state index in [1.54, 1.807) is 6.08 Å². The van der Waals surface area contributed by atoms with E-state index >= 15 is 0 Å². The van der Waals surface area contributed by atoms with Crippen LogP contribution in [0.1, 0.15) is 309 Å². The molecule has 2 aliphatic rings. The van der Waals surface area contributed by atoms with Crippen molar-refractivity contribution in [2.45, 2.75) is 383 Å². The van der Waals surface area contributed by atoms with Crippen LogP contribution in [0.3, 0.4) is 0 Å². The molecule has 0 aromatic rings. The molecule has 0 aliphatic carbocycles. The average molecular weight is 1350 g/mol. The van der Waals surface area contributed by atoms with Crippen LogP contribution < -0.4 is 5.32 Å². The van der Waals surface area contributed by atoms with E-state index < -0.39 is 86.8 Å². The molecule has 14 nitrogen and oxygen atoms in total. The monoisotopic (exact) mass is 1350 g/mol. The van der Waals surface area contributed by atoms with Gasteiger partial charge in [-0.2, -0.15) is 0 Å². The molecule has 12 unspecified atom stereocenters. The maximum atomic E-state index is 13.4. The van der Waals surface area contributed by atoms with Crippen molar-refractivity contribution in [2.24, 2.45) is 0 Å². The molecule has 12 atom stereocenters. The second-order valence-corrected chi connectivity index (χ2v) is 27.1. The number of ether oxygens (including phenoxy) is 4. The lowest BCUT2D eigenvalue weighted by molar-refractivity contribution is -0.359. The molecule has 0 spiro atoms. The number of hydrogen-bond donors (Lipinski definition) is 9. The Morgan fingerprint density at radius 2 is 0.729 bits per heavy atom. The molecule has 9 N–H and O–H groups in total. The first-order chi connectivity index (χ1) is 47.1. The van der Waals surface area contributed by atoms with Crippen molar-refractivity contribution in [3.8, 4) is 0 Å². The quantitative estimate of drug-likeness (QED) is 0.0204. The van der Waals surface area contributed by atoms with Crippen LogP contribution in [0.25, 0.3) is 0 Å². The number of rotatable bonds is 64. The van der Waals surface area contributed by atoms with Gasteiger partial charge in [-0.15, -0.1) is 0 Å². The fourth-order valence-corrected chi connectivity index (χ4v) is 12.3. The first kappa shape index (κ1) is 88.7. The summed E-state index contributed by atoms with van der Waals surface area (Å²) >= 11 is 0. The number of hydrogen-bond acceptors (Lipinski definition) is 13. The molecule has 0 saturated carbocycles. The van der Waals surface area contributed by atoms with Crippen LogP contribution in [-0.4, -0.2) is 140 Å². The molecule has 0 bridgehead atoms. The number of unbranched alkanes of at least 4 members (excludes halogenated alkanes) is 35. The van der Waals surface area contributed by atoms with Crippen molar-refractivity contribution < 1.29 is 64.6 Å². The normalized spacial score (nSPS) is 22.9. The first-order valence-electron chi connectivity index (χ1n) is 39.1. The molecule has 0 radical (unpaired) electrons. The molecule has 2 saturated heterocycles. The van der Waals surface area contributed by atoms with Gasteiger partial charge in [0, 0.05) is 6.42 Å². The van der Waals surface area contributed by atoms with Gasteiger partial charge in [0.1, 0.15) is 48.8 Å². The van der Waals surface area contributed by atoms with E-state index in [2.05, 4.69) is 116 Å². The second kappa shape index (κ2) is 65.0. The van der Waals surface area contributed by atoms with E-state index in [-0.39, 0.29) is 18.9 Å². The molecule has 554 valence electrons. The van der Waals surface area contributed by atoms with Crippen LogP contribution in [0.4, 0.5) is 0 Å². The summed E-state index contributed by atoms with van der Waals surface area (Å²) in [4.78, 5) is 13.4. The highest BCUT2D eigenvalue weighted by Crippen LogP contribution is 2.30. The number of aliphatic hydroxyl groups excluding tert-OH is 8. The van der Waals surface area contributed by atoms with E-state index in [1.165, 1.54) is 193 Å². The Kier molecular flexibility index (Phi) is 60.1. The van der Waals surface area contributed by atoms with Crippen molar-refractivity contribution in [3.63, 3.8) is 0 Å². The number of carbonyl (C=O) groups excluding carboxylic acids is 1. The summed E-state index contributed by atoms with van der Waals surface area (Å²) in [6.07, 6.45) is 77.3. The van der Waals surface area contributed by atoms with Crippen molar-refractivity contribution in [1.82, 2.24) is 5.32 Å². The largest absolute Gasteiger partial charge is 0.394 e. The maximum absolute atomic E-state index is 13.4. The number of nitrogens with one attached hydrogen (secondary N) is 1. The molecule has 2 aliphatic heterocycles. The molecule has 96 heavy (non-hydrogen) atoms. The number of allylic oxidation sites excluding steroid dienone is 17. The van der Waals surface area contributed by atoms with Gasteiger partial charge in [-0.1, -0.05) is 316 Å². The molecule has 0 aromatic carbocycles. The standard InChI is InChI=1S/C82H143NO13/c1-3-5-7-9-11-13-15-17-19-21-23-25-27-29-30-31-32-33-34-35-36-37-38-39-40-42-44-46-48-50-52-54-56-58-60-62-64-66-74(87)83-70(69-93-81-79(92)77(90)80(73(68-85)95-81)96-82-78(91)76(89)75(88)72(67-84)94-82)71(86)65-63-61-59-57-55-53-51-49-47-45-43-41-28-26-24-22-20-18-16-14-12-10-8-6-4-2/h5,7,11,13,17,19,23,25,29-30,32-33,47,49,55,57,63,65,70-73,75-82,84-86,88-92H,3-4,6,8-10,12,14-16,18,20-22,24,26-28,31,34-46,48,50-54,56,58-62,64,66-69H2,1-2H3,(H,83,87)/b7-5-,13-11-,19-17-,25-23-,30-29-,33-32-,49-47+,57-55+,65-63+. The summed E-state index contributed by atoms with van der Waals surface area (Å²) in [5, 5.41) is 87.6. The van der Waals surface area contributed by atoms with Crippen molar-refractivity contribution >= 4 is 5.91 Å². The third-order valence-corrected chi connectivity index (χ3v) is 18.4. The van der Waals surface area contributed by atoms with E-state index in [1.807, 2.05) is 6.08 Å². The number of amides is 1. The van der Waals surface area contributed by atoms with Gasteiger partial charge in [0.15, 0.2) is 12.6 Å². The van der Waals surface area contributed by atoms with Crippen LogP contribution >= 0.6 is 0 Å². The zero-order chi connectivity index (χ0) is 69.4. The second-order valence-electron chi connectivity index (χ2n) is 27.1. The highest BCUT2D eigenvalue weighted by molar-refractivity contribution is 5.76. The van der Waals surface area contributed by atoms with E-state index in [9.17, 15) is 45.6 Å². The first-order valence-corrected chi connectivity index (χ1v) is 39.1. The Hall–Kier alpha value is -3.35. The summed E-state index contributed by atoms with van der Waals surface area (Å²) in [5.41, 5.74) is 0. The lowest BCUT2D eigenvalue weighted by Gasteiger charge is -2.46. The van der Waals surface area contributed by atoms with Gasteiger partial charge in [-0.3, -0.25) is 4.79 Å². The number of carbonyl (C=O) groups is 1. The third-order valence-electron chi connectivity index (χ3n) is 18.4. The average Bonchev–Trinajstić information content (AvgIpc) is 0.857. The Morgan fingerprint density at radius 1 is 0.385 bits per heavy atom. The minimum absolute atomic E-state index is 0.252. The highest BCUT2D eigenvalue weighted by atomic mass is 16.7. The van der Waals surface area contributed by atoms with Crippen LogP contribution in [0.5, 0.6) is 0 Å². The molecule has 2 rings (SSSR count). The van der Waals surface area contributed by atoms with Gasteiger partial charge >= 0.3 is 0 Å². The predicted octanol–water partition coefficient (Wildman–Crippen LogP) is 17.5. The summed E-state index contributed by atoms with van der Waals surface area (Å²) < 4.78 is 22.9. The minimum atomic E-state index is -1.80. The Morgan fingerprint density at radius 3 is 1.15 bits per heavy atom. The lowest BCUT2D eigenvalue weighted by Crippen LogP contribution is -2.65. The van der Waals surface area contributed by atoms with Crippen LogP contribution in [0.15, 0.2) is 109 Å². The summed E-state index contributed by atoms with van der Waals surface area (Å²) in [7, 11) is 0. The minimum Gasteiger partial charge on any atom is -0.394 e. The predicted molar refractivity (Wildman–Crippen MR) is 396 cm³/mol. The Bertz CT molecular complexity index is 2030. The molecule has 0 aromatic heterocycles. The van der Waals surface area contributed by atoms with Gasteiger partial charge < -0.3 is 65.1 Å². The molecular weight excluding hydrogens is 1210 g/mol. The van der Waals surface area contributed by atoms with Gasteiger partial charge in [0.2, 0.25) is 5.91 Å². The van der Waals surface area contributed by atoms with Crippen molar-refractivity contribution in [2.75, 3.05) is 19.8 Å². The van der Waals surface area contributed by atoms with Gasteiger partial charge in [-0.25, -0.2) is 0 Å². The molecule has 1 amide bonds. The molecule has 2 heterocycles. The fraction of sp³-hybridized carbons (Fsp3) is 0.768. The zero-order valence-electron chi connectivity index (χ0n) is 60.6. The van der Waals surface area contributed by atoms with Crippen LogP contribution in [0.2, 0.25) is 0 Å². The topological polar surface area (TPSA) is 228 Å². The fourth-order valence-electron chi connectivity index (χ4n) is 12.3. The van der Waals surface area contributed by atoms with Gasteiger partial charge in [0.05, 0.1) is 32.0 Å². The molecular formula is C82H143NO13. The van der Waals surface area contributed by atoms with Crippen LogP contribution in [0, 0.1) is 0 Å². The van der Waals surface area contributed by atoms with E-state index in [4.69, 9.17) is 18.9 Å². The summed E-state index contributed by atoms with van der Waals surface area (Å²) in [6.45, 7) is 2.69. The number of aliphatic hydroxyl groups is 8. The van der Waals surface area contributed by atoms with E-state index in [0.29, 0.717) is 12.8 Å². The van der Waals surface area contributed by atoms with Crippen LogP contribution in [-0.2, 0) is 23.7 Å². The van der Waals surface area contributed by atoms with E-state index in [0.717, 1.165) is 83.5 Å². The van der Waals surface area contributed by atoms with Crippen molar-refractivity contribution in [1.29, 1.82) is 0 Å². The van der Waals surface area contributed by atoms with Crippen molar-refractivity contribution in [3.05, 3.63) is 109 Å². The maximum Gasteiger partial charge on any atom is 0.220 e. The summed E-state index contributed by atoms with van der Waals surface area (Å²) in [5.74, 6) is -0.252. The third kappa shape index (κ3) is 47.7. The Balaban J connectivity index is 1.63.